The van der Waals surface area contributed by atoms with Crippen molar-refractivity contribution < 1.29 is 4.79 Å². The van der Waals surface area contributed by atoms with E-state index in [2.05, 4.69) is 15.4 Å². The number of para-hydroxylation sites is 1. The van der Waals surface area contributed by atoms with E-state index in [4.69, 9.17) is 5.73 Å². The Bertz CT molecular complexity index is 765. The van der Waals surface area contributed by atoms with Crippen molar-refractivity contribution in [2.75, 3.05) is 5.73 Å². The van der Waals surface area contributed by atoms with Gasteiger partial charge in [-0.3, -0.25) is 9.78 Å². The predicted molar refractivity (Wildman–Crippen MR) is 75.0 cm³/mol. The largest absolute Gasteiger partial charge is 0.398 e. The van der Waals surface area contributed by atoms with Gasteiger partial charge in [0.05, 0.1) is 23.5 Å². The molecule has 0 fully saturated rings. The Balaban J connectivity index is 1.79. The summed E-state index contributed by atoms with van der Waals surface area (Å²) < 4.78 is 1.61. The Hall–Kier alpha value is -2.89. The standard InChI is InChI=1S/C14H13N5O/c15-12-4-2-1-3-10(12)7-17-14(20)11-8-18-19-6-5-16-9-13(11)19/h1-6,8-9H,7,15H2,(H,17,20). The molecule has 3 aromatic rings. The molecule has 0 atom stereocenters. The van der Waals surface area contributed by atoms with Crippen molar-refractivity contribution in [2.45, 2.75) is 6.54 Å². The lowest BCUT2D eigenvalue weighted by molar-refractivity contribution is 0.0952. The number of carbonyl (C=O) groups excluding carboxylic acids is 1. The van der Waals surface area contributed by atoms with Gasteiger partial charge in [-0.05, 0) is 11.6 Å². The Morgan fingerprint density at radius 1 is 1.30 bits per heavy atom. The summed E-state index contributed by atoms with van der Waals surface area (Å²) in [4.78, 5) is 16.2. The molecule has 3 N–H and O–H groups in total. The second kappa shape index (κ2) is 5.00. The van der Waals surface area contributed by atoms with Crippen molar-refractivity contribution in [3.05, 3.63) is 60.2 Å². The third-order valence-electron chi connectivity index (χ3n) is 3.06. The van der Waals surface area contributed by atoms with E-state index in [1.165, 1.54) is 6.20 Å². The highest BCUT2D eigenvalue weighted by molar-refractivity contribution is 6.00. The zero-order chi connectivity index (χ0) is 13.9. The van der Waals surface area contributed by atoms with Crippen molar-refractivity contribution in [1.82, 2.24) is 19.9 Å². The van der Waals surface area contributed by atoms with Crippen LogP contribution in [-0.2, 0) is 6.54 Å². The highest BCUT2D eigenvalue weighted by Gasteiger charge is 2.12. The smallest absolute Gasteiger partial charge is 0.255 e. The van der Waals surface area contributed by atoms with E-state index in [-0.39, 0.29) is 5.91 Å². The fourth-order valence-corrected chi connectivity index (χ4v) is 1.98. The third kappa shape index (κ3) is 2.18. The van der Waals surface area contributed by atoms with Crippen LogP contribution in [0.5, 0.6) is 0 Å². The monoisotopic (exact) mass is 267 g/mol. The van der Waals surface area contributed by atoms with Crippen molar-refractivity contribution in [2.24, 2.45) is 0 Å². The van der Waals surface area contributed by atoms with Crippen LogP contribution in [0.4, 0.5) is 5.69 Å². The molecule has 2 aromatic heterocycles. The summed E-state index contributed by atoms with van der Waals surface area (Å²) in [6.07, 6.45) is 6.45. The van der Waals surface area contributed by atoms with E-state index >= 15 is 0 Å². The quantitative estimate of drug-likeness (QED) is 0.699. The number of hydrogen-bond donors (Lipinski definition) is 2. The van der Waals surface area contributed by atoms with Gasteiger partial charge < -0.3 is 11.1 Å². The van der Waals surface area contributed by atoms with Gasteiger partial charge in [0.1, 0.15) is 0 Å². The SMILES string of the molecule is Nc1ccccc1CNC(=O)c1cnn2ccncc12. The molecule has 0 aliphatic carbocycles. The molecule has 0 saturated heterocycles. The number of nitrogens with one attached hydrogen (secondary N) is 1. The lowest BCUT2D eigenvalue weighted by Gasteiger charge is -2.06. The van der Waals surface area contributed by atoms with Crippen LogP contribution in [0.15, 0.2) is 49.1 Å². The average molecular weight is 267 g/mol. The van der Waals surface area contributed by atoms with Crippen LogP contribution < -0.4 is 11.1 Å². The molecule has 0 bridgehead atoms. The molecule has 2 heterocycles. The van der Waals surface area contributed by atoms with Gasteiger partial charge in [-0.15, -0.1) is 0 Å². The first-order valence-corrected chi connectivity index (χ1v) is 6.14. The predicted octanol–water partition coefficient (Wildman–Crippen LogP) is 1.24. The van der Waals surface area contributed by atoms with Crippen LogP contribution >= 0.6 is 0 Å². The maximum atomic E-state index is 12.2. The summed E-state index contributed by atoms with van der Waals surface area (Å²) >= 11 is 0. The van der Waals surface area contributed by atoms with Crippen molar-refractivity contribution in [3.8, 4) is 0 Å². The molecular formula is C14H13N5O. The minimum atomic E-state index is -0.198. The molecule has 20 heavy (non-hydrogen) atoms. The second-order valence-electron chi connectivity index (χ2n) is 4.35. The summed E-state index contributed by atoms with van der Waals surface area (Å²) in [5, 5.41) is 6.94. The Kier molecular flexibility index (Phi) is 3.04. The summed E-state index contributed by atoms with van der Waals surface area (Å²) in [5.74, 6) is -0.198. The molecule has 0 aliphatic rings. The minimum Gasteiger partial charge on any atom is -0.398 e. The summed E-state index contributed by atoms with van der Waals surface area (Å²) in [5.41, 5.74) is 8.55. The number of anilines is 1. The van der Waals surface area contributed by atoms with Crippen molar-refractivity contribution >= 4 is 17.1 Å². The Labute approximate surface area is 115 Å². The van der Waals surface area contributed by atoms with Crippen LogP contribution in [-0.4, -0.2) is 20.5 Å². The first-order chi connectivity index (χ1) is 9.75. The van der Waals surface area contributed by atoms with Gasteiger partial charge in [-0.2, -0.15) is 5.10 Å². The first-order valence-electron chi connectivity index (χ1n) is 6.14. The maximum absolute atomic E-state index is 12.2. The fourth-order valence-electron chi connectivity index (χ4n) is 1.98. The number of benzene rings is 1. The number of rotatable bonds is 3. The molecule has 3 rings (SSSR count). The molecule has 100 valence electrons. The van der Waals surface area contributed by atoms with E-state index in [1.807, 2.05) is 18.2 Å². The number of hydrogen-bond acceptors (Lipinski definition) is 4. The van der Waals surface area contributed by atoms with Gasteiger partial charge in [0.25, 0.3) is 5.91 Å². The number of nitrogens with zero attached hydrogens (tertiary/aromatic N) is 3. The van der Waals surface area contributed by atoms with Crippen molar-refractivity contribution in [1.29, 1.82) is 0 Å². The highest BCUT2D eigenvalue weighted by Crippen LogP contribution is 2.12. The Morgan fingerprint density at radius 2 is 2.15 bits per heavy atom. The number of aromatic nitrogens is 3. The van der Waals surface area contributed by atoms with Crippen LogP contribution in [0.1, 0.15) is 15.9 Å². The van der Waals surface area contributed by atoms with Gasteiger partial charge in [-0.25, -0.2) is 4.52 Å². The van der Waals surface area contributed by atoms with Crippen molar-refractivity contribution in [3.63, 3.8) is 0 Å². The zero-order valence-electron chi connectivity index (χ0n) is 10.7. The van der Waals surface area contributed by atoms with E-state index < -0.39 is 0 Å². The minimum absolute atomic E-state index is 0.198. The summed E-state index contributed by atoms with van der Waals surface area (Å²) in [6.45, 7) is 0.378. The molecular weight excluding hydrogens is 254 g/mol. The third-order valence-corrected chi connectivity index (χ3v) is 3.06. The topological polar surface area (TPSA) is 85.3 Å². The molecule has 0 unspecified atom stereocenters. The van der Waals surface area contributed by atoms with Crippen LogP contribution in [0.25, 0.3) is 5.52 Å². The summed E-state index contributed by atoms with van der Waals surface area (Å²) in [7, 11) is 0. The second-order valence-corrected chi connectivity index (χ2v) is 4.35. The normalized spacial score (nSPS) is 10.6. The number of carbonyl (C=O) groups is 1. The van der Waals surface area contributed by atoms with E-state index in [9.17, 15) is 4.79 Å². The number of fused-ring (bicyclic) bond motifs is 1. The molecule has 1 aromatic carbocycles. The Morgan fingerprint density at radius 3 is 3.00 bits per heavy atom. The zero-order valence-corrected chi connectivity index (χ0v) is 10.7. The van der Waals surface area contributed by atoms with E-state index in [0.29, 0.717) is 23.3 Å². The molecule has 0 spiro atoms. The number of nitrogens with two attached hydrogens (primary N) is 1. The number of nitrogen functional groups attached to an aromatic ring is 1. The fraction of sp³-hybridized carbons (Fsp3) is 0.0714. The first kappa shape index (κ1) is 12.2. The van der Waals surface area contributed by atoms with E-state index in [0.717, 1.165) is 5.56 Å². The van der Waals surface area contributed by atoms with Gasteiger partial charge in [0.15, 0.2) is 0 Å². The van der Waals surface area contributed by atoms with Gasteiger partial charge in [0, 0.05) is 24.6 Å². The van der Waals surface area contributed by atoms with Gasteiger partial charge in [-0.1, -0.05) is 18.2 Å². The highest BCUT2D eigenvalue weighted by atomic mass is 16.1. The maximum Gasteiger partial charge on any atom is 0.255 e. The molecule has 0 aliphatic heterocycles. The molecule has 1 amide bonds. The van der Waals surface area contributed by atoms with Crippen LogP contribution in [0.2, 0.25) is 0 Å². The lowest BCUT2D eigenvalue weighted by Crippen LogP contribution is -2.23. The lowest BCUT2D eigenvalue weighted by atomic mass is 10.2. The van der Waals surface area contributed by atoms with E-state index in [1.54, 1.807) is 29.2 Å². The molecule has 6 heteroatoms. The van der Waals surface area contributed by atoms with Gasteiger partial charge in [0.2, 0.25) is 0 Å². The molecule has 6 nitrogen and oxygen atoms in total. The number of amides is 1. The van der Waals surface area contributed by atoms with Gasteiger partial charge >= 0.3 is 0 Å². The van der Waals surface area contributed by atoms with Crippen LogP contribution in [0, 0.1) is 0 Å². The summed E-state index contributed by atoms with van der Waals surface area (Å²) in [6, 6.07) is 7.43. The molecule has 0 saturated carbocycles. The average Bonchev–Trinajstić information content (AvgIpc) is 2.90. The molecule has 0 radical (unpaired) electrons. The van der Waals surface area contributed by atoms with Crippen LogP contribution in [0.3, 0.4) is 0 Å².